The number of likely N-dealkylation sites (N-methyl/N-ethyl adjacent to an activating group) is 1. The number of nitrogens with zero attached hydrogens (tertiary/aromatic N) is 2. The van der Waals surface area contributed by atoms with Crippen LogP contribution in [0.4, 0.5) is 0 Å². The van der Waals surface area contributed by atoms with Gasteiger partial charge >= 0.3 is 0 Å². The van der Waals surface area contributed by atoms with E-state index < -0.39 is 0 Å². The summed E-state index contributed by atoms with van der Waals surface area (Å²) in [6, 6.07) is 0.0490. The lowest BCUT2D eigenvalue weighted by Gasteiger charge is -2.23. The second-order valence-electron chi connectivity index (χ2n) is 4.07. The van der Waals surface area contributed by atoms with Gasteiger partial charge in [-0.2, -0.15) is 0 Å². The Morgan fingerprint density at radius 2 is 2.12 bits per heavy atom. The van der Waals surface area contributed by atoms with E-state index >= 15 is 0 Å². The lowest BCUT2D eigenvalue weighted by Crippen LogP contribution is -2.40. The number of aromatic nitrogens is 1. The van der Waals surface area contributed by atoms with Crippen LogP contribution in [0.1, 0.15) is 23.9 Å². The van der Waals surface area contributed by atoms with Crippen LogP contribution >= 0.6 is 12.4 Å². The number of hydrogen-bond donors (Lipinski definition) is 1. The first-order valence-electron chi connectivity index (χ1n) is 5.34. The smallest absolute Gasteiger partial charge is 0.227 e. The van der Waals surface area contributed by atoms with Crippen LogP contribution in [0.2, 0.25) is 0 Å². The number of hydrogen-bond acceptors (Lipinski definition) is 4. The fraction of sp³-hybridized carbons (Fsp3) is 0.636. The third-order valence-corrected chi connectivity index (χ3v) is 2.90. The fourth-order valence-electron chi connectivity index (χ4n) is 1.43. The van der Waals surface area contributed by atoms with Gasteiger partial charge in [0, 0.05) is 25.2 Å². The maximum atomic E-state index is 11.9. The molecule has 98 valence electrons. The Kier molecular flexibility index (Phi) is 6.20. The van der Waals surface area contributed by atoms with Crippen molar-refractivity contribution >= 4 is 18.3 Å². The molecule has 1 heterocycles. The van der Waals surface area contributed by atoms with E-state index in [1.165, 1.54) is 0 Å². The number of rotatable bonds is 4. The Hall–Kier alpha value is -1.07. The first-order valence-corrected chi connectivity index (χ1v) is 5.34. The molecular formula is C11H20ClN3O2. The monoisotopic (exact) mass is 261 g/mol. The summed E-state index contributed by atoms with van der Waals surface area (Å²) in [5.74, 6) is 0.743. The average Bonchev–Trinajstić information content (AvgIpc) is 2.58. The van der Waals surface area contributed by atoms with Crippen LogP contribution in [-0.4, -0.2) is 35.6 Å². The summed E-state index contributed by atoms with van der Waals surface area (Å²) < 4.78 is 5.02. The first kappa shape index (κ1) is 15.9. The van der Waals surface area contributed by atoms with Gasteiger partial charge in [0.05, 0.1) is 12.1 Å². The van der Waals surface area contributed by atoms with Gasteiger partial charge in [-0.1, -0.05) is 5.16 Å². The molecule has 0 saturated carbocycles. The maximum absolute atomic E-state index is 11.9. The molecule has 0 bridgehead atoms. The predicted molar refractivity (Wildman–Crippen MR) is 68.2 cm³/mol. The standard InChI is InChI=1S/C11H19N3O2.ClH/c1-7(6-12)14(4)11(15)5-10-8(2)13-16-9(10)3;/h7H,5-6,12H2,1-4H3;1H. The van der Waals surface area contributed by atoms with Crippen LogP contribution in [0.5, 0.6) is 0 Å². The van der Waals surface area contributed by atoms with Gasteiger partial charge < -0.3 is 15.2 Å². The average molecular weight is 262 g/mol. The molecule has 5 nitrogen and oxygen atoms in total. The molecule has 0 spiro atoms. The highest BCUT2D eigenvalue weighted by molar-refractivity contribution is 5.85. The van der Waals surface area contributed by atoms with Crippen molar-refractivity contribution in [3.63, 3.8) is 0 Å². The second-order valence-corrected chi connectivity index (χ2v) is 4.07. The minimum Gasteiger partial charge on any atom is -0.361 e. The van der Waals surface area contributed by atoms with Crippen molar-refractivity contribution in [2.24, 2.45) is 5.73 Å². The van der Waals surface area contributed by atoms with E-state index in [0.29, 0.717) is 18.7 Å². The summed E-state index contributed by atoms with van der Waals surface area (Å²) in [4.78, 5) is 13.6. The third kappa shape index (κ3) is 3.71. The van der Waals surface area contributed by atoms with E-state index in [1.54, 1.807) is 11.9 Å². The van der Waals surface area contributed by atoms with Crippen LogP contribution in [0.3, 0.4) is 0 Å². The van der Waals surface area contributed by atoms with Crippen molar-refractivity contribution < 1.29 is 9.32 Å². The Labute approximate surface area is 108 Å². The Balaban J connectivity index is 0.00000256. The predicted octanol–water partition coefficient (Wildman–Crippen LogP) is 1.06. The summed E-state index contributed by atoms with van der Waals surface area (Å²) in [6.45, 7) is 6.04. The molecule has 1 rings (SSSR count). The van der Waals surface area contributed by atoms with Crippen LogP contribution in [0.25, 0.3) is 0 Å². The van der Waals surface area contributed by atoms with Gasteiger partial charge in [-0.15, -0.1) is 12.4 Å². The van der Waals surface area contributed by atoms with Crippen molar-refractivity contribution in [1.29, 1.82) is 0 Å². The Morgan fingerprint density at radius 1 is 1.53 bits per heavy atom. The SMILES string of the molecule is Cc1noc(C)c1CC(=O)N(C)C(C)CN.Cl. The quantitative estimate of drug-likeness (QED) is 0.880. The molecule has 17 heavy (non-hydrogen) atoms. The molecule has 0 fully saturated rings. The lowest BCUT2D eigenvalue weighted by molar-refractivity contribution is -0.130. The van der Waals surface area contributed by atoms with Crippen molar-refractivity contribution in [2.45, 2.75) is 33.2 Å². The summed E-state index contributed by atoms with van der Waals surface area (Å²) in [6.07, 6.45) is 0.321. The van der Waals surface area contributed by atoms with E-state index in [9.17, 15) is 4.79 Å². The van der Waals surface area contributed by atoms with Gasteiger partial charge in [-0.25, -0.2) is 0 Å². The number of amides is 1. The molecule has 1 aromatic rings. The zero-order chi connectivity index (χ0) is 12.3. The number of carbonyl (C=O) groups excluding carboxylic acids is 1. The van der Waals surface area contributed by atoms with Crippen LogP contribution in [-0.2, 0) is 11.2 Å². The van der Waals surface area contributed by atoms with Crippen molar-refractivity contribution in [3.05, 3.63) is 17.0 Å². The number of nitrogens with two attached hydrogens (primary N) is 1. The minimum absolute atomic E-state index is 0. The normalized spacial score (nSPS) is 11.8. The largest absolute Gasteiger partial charge is 0.361 e. The molecule has 1 unspecified atom stereocenters. The van der Waals surface area contributed by atoms with E-state index in [4.69, 9.17) is 10.3 Å². The molecule has 1 atom stereocenters. The van der Waals surface area contributed by atoms with Gasteiger partial charge in [0.25, 0.3) is 0 Å². The number of carbonyl (C=O) groups is 1. The van der Waals surface area contributed by atoms with Gasteiger partial charge in [0.15, 0.2) is 0 Å². The van der Waals surface area contributed by atoms with E-state index in [-0.39, 0.29) is 24.4 Å². The van der Waals surface area contributed by atoms with E-state index in [0.717, 1.165) is 11.3 Å². The minimum atomic E-state index is 0. The molecule has 0 aromatic carbocycles. The Morgan fingerprint density at radius 3 is 2.53 bits per heavy atom. The summed E-state index contributed by atoms with van der Waals surface area (Å²) in [5, 5.41) is 3.82. The maximum Gasteiger partial charge on any atom is 0.227 e. The summed E-state index contributed by atoms with van der Waals surface area (Å²) >= 11 is 0. The van der Waals surface area contributed by atoms with Crippen molar-refractivity contribution in [1.82, 2.24) is 10.1 Å². The lowest BCUT2D eigenvalue weighted by atomic mass is 10.1. The molecule has 0 aliphatic heterocycles. The molecule has 0 aliphatic carbocycles. The molecule has 1 aromatic heterocycles. The number of aryl methyl sites for hydroxylation is 2. The van der Waals surface area contributed by atoms with Crippen LogP contribution in [0, 0.1) is 13.8 Å². The molecular weight excluding hydrogens is 242 g/mol. The van der Waals surface area contributed by atoms with Gasteiger partial charge in [-0.05, 0) is 20.8 Å². The second kappa shape index (κ2) is 6.61. The van der Waals surface area contributed by atoms with Crippen LogP contribution < -0.4 is 5.73 Å². The molecule has 1 amide bonds. The highest BCUT2D eigenvalue weighted by Crippen LogP contribution is 2.14. The zero-order valence-corrected chi connectivity index (χ0v) is 11.5. The first-order chi connectivity index (χ1) is 7.47. The summed E-state index contributed by atoms with van der Waals surface area (Å²) in [7, 11) is 1.76. The third-order valence-electron chi connectivity index (χ3n) is 2.90. The van der Waals surface area contributed by atoms with Crippen LogP contribution in [0.15, 0.2) is 4.52 Å². The van der Waals surface area contributed by atoms with Gasteiger partial charge in [0.1, 0.15) is 5.76 Å². The summed E-state index contributed by atoms with van der Waals surface area (Å²) in [5.41, 5.74) is 7.17. The fourth-order valence-corrected chi connectivity index (χ4v) is 1.43. The van der Waals surface area contributed by atoms with Gasteiger partial charge in [-0.3, -0.25) is 4.79 Å². The molecule has 0 aliphatic rings. The number of halogens is 1. The Bertz CT molecular complexity index is 359. The zero-order valence-electron chi connectivity index (χ0n) is 10.7. The highest BCUT2D eigenvalue weighted by Gasteiger charge is 2.18. The van der Waals surface area contributed by atoms with Crippen molar-refractivity contribution in [3.8, 4) is 0 Å². The molecule has 0 saturated heterocycles. The van der Waals surface area contributed by atoms with E-state index in [2.05, 4.69) is 5.16 Å². The molecule has 6 heteroatoms. The van der Waals surface area contributed by atoms with E-state index in [1.807, 2.05) is 20.8 Å². The van der Waals surface area contributed by atoms with Gasteiger partial charge in [0.2, 0.25) is 5.91 Å². The molecule has 0 radical (unpaired) electrons. The van der Waals surface area contributed by atoms with Crippen molar-refractivity contribution in [2.75, 3.05) is 13.6 Å². The highest BCUT2D eigenvalue weighted by atomic mass is 35.5. The topological polar surface area (TPSA) is 72.4 Å². The molecule has 2 N–H and O–H groups in total.